The molecule has 2 rings (SSSR count). The van der Waals surface area contributed by atoms with Crippen molar-refractivity contribution in [1.82, 2.24) is 0 Å². The number of para-hydroxylation sites is 1. The molecule has 2 nitrogen and oxygen atoms in total. The van der Waals surface area contributed by atoms with Gasteiger partial charge in [-0.25, -0.2) is 0 Å². The van der Waals surface area contributed by atoms with E-state index in [1.165, 1.54) is 5.56 Å². The molecule has 1 aliphatic heterocycles. The maximum atomic E-state index is 9.19. The van der Waals surface area contributed by atoms with E-state index in [-0.39, 0.29) is 6.61 Å². The average Bonchev–Trinajstić information content (AvgIpc) is 2.69. The minimum absolute atomic E-state index is 0.287. The SMILES string of the molecule is CCC(CO)CC1COc2ccccc21. The highest BCUT2D eigenvalue weighted by atomic mass is 16.5. The molecule has 0 saturated heterocycles. The van der Waals surface area contributed by atoms with Gasteiger partial charge in [0.25, 0.3) is 0 Å². The maximum Gasteiger partial charge on any atom is 0.122 e. The van der Waals surface area contributed by atoms with Gasteiger partial charge in [0.2, 0.25) is 0 Å². The largest absolute Gasteiger partial charge is 0.493 e. The molecule has 1 aromatic rings. The van der Waals surface area contributed by atoms with E-state index in [0.29, 0.717) is 11.8 Å². The highest BCUT2D eigenvalue weighted by Crippen LogP contribution is 2.37. The van der Waals surface area contributed by atoms with Crippen LogP contribution in [0.1, 0.15) is 31.2 Å². The fourth-order valence-corrected chi connectivity index (χ4v) is 2.20. The topological polar surface area (TPSA) is 29.5 Å². The van der Waals surface area contributed by atoms with Crippen molar-refractivity contribution in [2.75, 3.05) is 13.2 Å². The van der Waals surface area contributed by atoms with Crippen molar-refractivity contribution in [2.45, 2.75) is 25.7 Å². The summed E-state index contributed by atoms with van der Waals surface area (Å²) in [5, 5.41) is 9.19. The number of hydrogen-bond donors (Lipinski definition) is 1. The summed E-state index contributed by atoms with van der Waals surface area (Å²) >= 11 is 0. The smallest absolute Gasteiger partial charge is 0.122 e. The van der Waals surface area contributed by atoms with Crippen molar-refractivity contribution in [3.8, 4) is 5.75 Å². The van der Waals surface area contributed by atoms with Crippen molar-refractivity contribution in [1.29, 1.82) is 0 Å². The Kier molecular flexibility index (Phi) is 3.27. The average molecular weight is 206 g/mol. The Hall–Kier alpha value is -1.02. The monoisotopic (exact) mass is 206 g/mol. The first-order chi connectivity index (χ1) is 7.35. The second kappa shape index (κ2) is 4.67. The first-order valence-corrected chi connectivity index (χ1v) is 5.67. The van der Waals surface area contributed by atoms with Crippen molar-refractivity contribution < 1.29 is 9.84 Å². The quantitative estimate of drug-likeness (QED) is 0.820. The van der Waals surface area contributed by atoms with E-state index < -0.39 is 0 Å². The second-order valence-corrected chi connectivity index (χ2v) is 4.24. The molecule has 0 spiro atoms. The lowest BCUT2D eigenvalue weighted by Gasteiger charge is -2.15. The number of aliphatic hydroxyl groups excluding tert-OH is 1. The number of hydrogen-bond acceptors (Lipinski definition) is 2. The van der Waals surface area contributed by atoms with E-state index >= 15 is 0 Å². The molecule has 2 heteroatoms. The first-order valence-electron chi connectivity index (χ1n) is 5.67. The molecular formula is C13H18O2. The lowest BCUT2D eigenvalue weighted by Crippen LogP contribution is -2.11. The van der Waals surface area contributed by atoms with Crippen LogP contribution in [-0.4, -0.2) is 18.3 Å². The predicted octanol–water partition coefficient (Wildman–Crippen LogP) is 2.57. The van der Waals surface area contributed by atoms with Crippen LogP contribution in [0.2, 0.25) is 0 Å². The minimum Gasteiger partial charge on any atom is -0.493 e. The molecule has 0 fully saturated rings. The number of ether oxygens (including phenoxy) is 1. The summed E-state index contributed by atoms with van der Waals surface area (Å²) in [6, 6.07) is 8.22. The van der Waals surface area contributed by atoms with E-state index in [9.17, 15) is 5.11 Å². The molecule has 15 heavy (non-hydrogen) atoms. The molecule has 2 unspecified atom stereocenters. The molecule has 1 N–H and O–H groups in total. The van der Waals surface area contributed by atoms with Gasteiger partial charge < -0.3 is 9.84 Å². The van der Waals surface area contributed by atoms with Gasteiger partial charge in [0.15, 0.2) is 0 Å². The predicted molar refractivity (Wildman–Crippen MR) is 60.2 cm³/mol. The van der Waals surface area contributed by atoms with Gasteiger partial charge in [-0.05, 0) is 18.4 Å². The number of fused-ring (bicyclic) bond motifs is 1. The third-order valence-corrected chi connectivity index (χ3v) is 3.25. The van der Waals surface area contributed by atoms with Gasteiger partial charge >= 0.3 is 0 Å². The van der Waals surface area contributed by atoms with Crippen molar-refractivity contribution in [3.63, 3.8) is 0 Å². The van der Waals surface area contributed by atoms with Crippen LogP contribution in [0.4, 0.5) is 0 Å². The van der Waals surface area contributed by atoms with Crippen LogP contribution in [0.5, 0.6) is 5.75 Å². The van der Waals surface area contributed by atoms with Crippen LogP contribution >= 0.6 is 0 Å². The van der Waals surface area contributed by atoms with Crippen LogP contribution in [0.15, 0.2) is 24.3 Å². The van der Waals surface area contributed by atoms with Gasteiger partial charge in [-0.1, -0.05) is 31.5 Å². The molecular weight excluding hydrogens is 188 g/mol. The van der Waals surface area contributed by atoms with Gasteiger partial charge in [0, 0.05) is 18.1 Å². The molecule has 0 saturated carbocycles. The van der Waals surface area contributed by atoms with Crippen molar-refractivity contribution >= 4 is 0 Å². The molecule has 1 aromatic carbocycles. The Labute approximate surface area is 90.9 Å². The Morgan fingerprint density at radius 3 is 3.00 bits per heavy atom. The van der Waals surface area contributed by atoms with Gasteiger partial charge in [0.05, 0.1) is 6.61 Å². The van der Waals surface area contributed by atoms with Gasteiger partial charge in [0.1, 0.15) is 5.75 Å². The fourth-order valence-electron chi connectivity index (χ4n) is 2.20. The normalized spacial score (nSPS) is 20.8. The standard InChI is InChI=1S/C13H18O2/c1-2-10(8-14)7-11-9-15-13-6-4-3-5-12(11)13/h3-6,10-11,14H,2,7-9H2,1H3. The zero-order valence-electron chi connectivity index (χ0n) is 9.15. The Bertz CT molecular complexity index is 318. The molecule has 1 aliphatic rings. The van der Waals surface area contributed by atoms with Crippen molar-refractivity contribution in [2.24, 2.45) is 5.92 Å². The number of rotatable bonds is 4. The van der Waals surface area contributed by atoms with Crippen LogP contribution < -0.4 is 4.74 Å². The number of aliphatic hydroxyl groups is 1. The summed E-state index contributed by atoms with van der Waals surface area (Å²) in [5.41, 5.74) is 1.31. The summed E-state index contributed by atoms with van der Waals surface area (Å²) in [5.74, 6) is 1.90. The Morgan fingerprint density at radius 1 is 1.47 bits per heavy atom. The molecule has 0 amide bonds. The maximum absolute atomic E-state index is 9.19. The molecule has 0 radical (unpaired) electrons. The molecule has 82 valence electrons. The van der Waals surface area contributed by atoms with Gasteiger partial charge in [-0.15, -0.1) is 0 Å². The van der Waals surface area contributed by atoms with Crippen LogP contribution in [0.3, 0.4) is 0 Å². The zero-order chi connectivity index (χ0) is 10.7. The third kappa shape index (κ3) is 2.15. The molecule has 1 heterocycles. The minimum atomic E-state index is 0.287. The molecule has 2 atom stereocenters. The first kappa shape index (κ1) is 10.5. The Balaban J connectivity index is 2.07. The van der Waals surface area contributed by atoms with Gasteiger partial charge in [-0.3, -0.25) is 0 Å². The molecule has 0 aliphatic carbocycles. The second-order valence-electron chi connectivity index (χ2n) is 4.24. The lowest BCUT2D eigenvalue weighted by atomic mass is 9.89. The zero-order valence-corrected chi connectivity index (χ0v) is 9.15. The fraction of sp³-hybridized carbons (Fsp3) is 0.538. The van der Waals surface area contributed by atoms with E-state index in [1.54, 1.807) is 0 Å². The Morgan fingerprint density at radius 2 is 2.27 bits per heavy atom. The summed E-state index contributed by atoms with van der Waals surface area (Å²) < 4.78 is 5.62. The highest BCUT2D eigenvalue weighted by molar-refractivity contribution is 5.39. The van der Waals surface area contributed by atoms with Crippen LogP contribution in [-0.2, 0) is 0 Å². The van der Waals surface area contributed by atoms with Gasteiger partial charge in [-0.2, -0.15) is 0 Å². The van der Waals surface area contributed by atoms with Crippen LogP contribution in [0, 0.1) is 5.92 Å². The lowest BCUT2D eigenvalue weighted by molar-refractivity contribution is 0.200. The van der Waals surface area contributed by atoms with Crippen molar-refractivity contribution in [3.05, 3.63) is 29.8 Å². The third-order valence-electron chi connectivity index (χ3n) is 3.25. The van der Waals surface area contributed by atoms with E-state index in [4.69, 9.17) is 4.74 Å². The van der Waals surface area contributed by atoms with E-state index in [2.05, 4.69) is 19.1 Å². The molecule has 0 aromatic heterocycles. The van der Waals surface area contributed by atoms with E-state index in [0.717, 1.165) is 25.2 Å². The summed E-state index contributed by atoms with van der Waals surface area (Å²) in [7, 11) is 0. The summed E-state index contributed by atoms with van der Waals surface area (Å²) in [6.07, 6.45) is 2.07. The number of benzene rings is 1. The highest BCUT2D eigenvalue weighted by Gasteiger charge is 2.25. The van der Waals surface area contributed by atoms with Crippen LogP contribution in [0.25, 0.3) is 0 Å². The van der Waals surface area contributed by atoms with E-state index in [1.807, 2.05) is 12.1 Å². The summed E-state index contributed by atoms with van der Waals surface area (Å²) in [4.78, 5) is 0. The summed E-state index contributed by atoms with van der Waals surface area (Å²) in [6.45, 7) is 3.19. The molecule has 0 bridgehead atoms.